The Labute approximate surface area is 125 Å². The molecule has 0 saturated carbocycles. The average molecular weight is 283 g/mol. The van der Waals surface area contributed by atoms with Crippen LogP contribution in [0.3, 0.4) is 0 Å². The Kier molecular flexibility index (Phi) is 4.29. The molecule has 1 atom stereocenters. The first-order valence-corrected chi connectivity index (χ1v) is 7.56. The van der Waals surface area contributed by atoms with Crippen LogP contribution < -0.4 is 14.8 Å². The summed E-state index contributed by atoms with van der Waals surface area (Å²) in [5, 5.41) is 3.48. The van der Waals surface area contributed by atoms with E-state index in [0.717, 1.165) is 30.9 Å². The highest BCUT2D eigenvalue weighted by atomic mass is 16.5. The Hall–Kier alpha value is -2.16. The van der Waals surface area contributed by atoms with Crippen LogP contribution in [0.15, 0.2) is 48.5 Å². The van der Waals surface area contributed by atoms with Crippen molar-refractivity contribution < 1.29 is 9.47 Å². The van der Waals surface area contributed by atoms with Crippen molar-refractivity contribution in [2.45, 2.75) is 25.9 Å². The van der Waals surface area contributed by atoms with E-state index in [1.165, 1.54) is 11.3 Å². The Morgan fingerprint density at radius 1 is 1.10 bits per heavy atom. The minimum Gasteiger partial charge on any atom is -0.494 e. The van der Waals surface area contributed by atoms with Crippen molar-refractivity contribution in [1.29, 1.82) is 0 Å². The largest absolute Gasteiger partial charge is 0.494 e. The van der Waals surface area contributed by atoms with Crippen molar-refractivity contribution in [2.75, 3.05) is 18.5 Å². The van der Waals surface area contributed by atoms with E-state index in [2.05, 4.69) is 29.6 Å². The second-order valence-electron chi connectivity index (χ2n) is 5.22. The summed E-state index contributed by atoms with van der Waals surface area (Å²) in [6.07, 6.45) is 2.23. The molecule has 1 aliphatic heterocycles. The molecule has 0 amide bonds. The third-order valence-electron chi connectivity index (χ3n) is 3.69. The molecular formula is C18H21NO2. The predicted molar refractivity (Wildman–Crippen MR) is 85.3 cm³/mol. The van der Waals surface area contributed by atoms with Gasteiger partial charge in [-0.1, -0.05) is 24.3 Å². The minimum absolute atomic E-state index is 0.175. The molecule has 2 aromatic carbocycles. The summed E-state index contributed by atoms with van der Waals surface area (Å²) < 4.78 is 11.6. The molecule has 0 saturated heterocycles. The van der Waals surface area contributed by atoms with E-state index < -0.39 is 0 Å². The van der Waals surface area contributed by atoms with Crippen molar-refractivity contribution in [3.63, 3.8) is 0 Å². The van der Waals surface area contributed by atoms with E-state index in [1.807, 2.05) is 31.2 Å². The van der Waals surface area contributed by atoms with Gasteiger partial charge in [0.25, 0.3) is 0 Å². The lowest BCUT2D eigenvalue weighted by molar-refractivity contribution is 0.205. The van der Waals surface area contributed by atoms with Gasteiger partial charge >= 0.3 is 0 Å². The Balaban J connectivity index is 1.65. The standard InChI is InChI=1S/C18H21NO2/c1-2-20-15-7-5-8-16(12-15)21-17-11-10-14-6-3-4-9-18(14)19-13-17/h3-9,12,17,19H,2,10-11,13H2,1H3. The van der Waals surface area contributed by atoms with E-state index in [0.29, 0.717) is 6.61 Å². The van der Waals surface area contributed by atoms with Crippen LogP contribution in [0.4, 0.5) is 5.69 Å². The monoisotopic (exact) mass is 283 g/mol. The highest BCUT2D eigenvalue weighted by molar-refractivity contribution is 5.52. The van der Waals surface area contributed by atoms with Gasteiger partial charge in [0.15, 0.2) is 0 Å². The topological polar surface area (TPSA) is 30.5 Å². The van der Waals surface area contributed by atoms with Gasteiger partial charge in [0.1, 0.15) is 17.6 Å². The maximum Gasteiger partial charge on any atom is 0.123 e. The molecular weight excluding hydrogens is 262 g/mol. The average Bonchev–Trinajstić information content (AvgIpc) is 2.71. The van der Waals surface area contributed by atoms with Gasteiger partial charge in [-0.2, -0.15) is 0 Å². The number of rotatable bonds is 4. The van der Waals surface area contributed by atoms with Crippen molar-refractivity contribution in [1.82, 2.24) is 0 Å². The molecule has 1 N–H and O–H groups in total. The highest BCUT2D eigenvalue weighted by Gasteiger charge is 2.16. The van der Waals surface area contributed by atoms with Crippen LogP contribution in [0.2, 0.25) is 0 Å². The zero-order valence-electron chi connectivity index (χ0n) is 12.3. The zero-order valence-corrected chi connectivity index (χ0v) is 12.3. The Morgan fingerprint density at radius 2 is 1.95 bits per heavy atom. The fourth-order valence-corrected chi connectivity index (χ4v) is 2.65. The number of fused-ring (bicyclic) bond motifs is 1. The van der Waals surface area contributed by atoms with Crippen LogP contribution >= 0.6 is 0 Å². The maximum atomic E-state index is 6.11. The lowest BCUT2D eigenvalue weighted by Crippen LogP contribution is -2.24. The van der Waals surface area contributed by atoms with Gasteiger partial charge in [0.2, 0.25) is 0 Å². The molecule has 3 heteroatoms. The van der Waals surface area contributed by atoms with Gasteiger partial charge in [-0.15, -0.1) is 0 Å². The lowest BCUT2D eigenvalue weighted by Gasteiger charge is -2.18. The molecule has 0 fully saturated rings. The van der Waals surface area contributed by atoms with Gasteiger partial charge < -0.3 is 14.8 Å². The number of benzene rings is 2. The number of ether oxygens (including phenoxy) is 2. The molecule has 0 aliphatic carbocycles. The number of aryl methyl sites for hydroxylation is 1. The van der Waals surface area contributed by atoms with Gasteiger partial charge in [-0.3, -0.25) is 0 Å². The fraction of sp³-hybridized carbons (Fsp3) is 0.333. The van der Waals surface area contributed by atoms with E-state index in [-0.39, 0.29) is 6.10 Å². The normalized spacial score (nSPS) is 17.3. The summed E-state index contributed by atoms with van der Waals surface area (Å²) in [5.74, 6) is 1.73. The highest BCUT2D eigenvalue weighted by Crippen LogP contribution is 2.25. The third-order valence-corrected chi connectivity index (χ3v) is 3.69. The number of nitrogens with one attached hydrogen (secondary N) is 1. The molecule has 0 spiro atoms. The van der Waals surface area contributed by atoms with Gasteiger partial charge in [-0.25, -0.2) is 0 Å². The van der Waals surface area contributed by atoms with Crippen molar-refractivity contribution >= 4 is 5.69 Å². The molecule has 0 aromatic heterocycles. The van der Waals surface area contributed by atoms with Crippen LogP contribution in [0.5, 0.6) is 11.5 Å². The SMILES string of the molecule is CCOc1cccc(OC2CCc3ccccc3NC2)c1. The first kappa shape index (κ1) is 13.8. The smallest absolute Gasteiger partial charge is 0.123 e. The summed E-state index contributed by atoms with van der Waals surface area (Å²) in [6.45, 7) is 3.49. The van der Waals surface area contributed by atoms with Crippen molar-refractivity contribution in [3.05, 3.63) is 54.1 Å². The number of hydrogen-bond donors (Lipinski definition) is 1. The van der Waals surface area contributed by atoms with E-state index in [1.54, 1.807) is 0 Å². The quantitative estimate of drug-likeness (QED) is 0.923. The summed E-state index contributed by atoms with van der Waals surface area (Å²) in [7, 11) is 0. The van der Waals surface area contributed by atoms with Gasteiger partial charge in [0.05, 0.1) is 13.2 Å². The maximum absolute atomic E-state index is 6.11. The Bertz CT molecular complexity index is 570. The molecule has 3 nitrogen and oxygen atoms in total. The lowest BCUT2D eigenvalue weighted by atomic mass is 10.1. The summed E-state index contributed by atoms with van der Waals surface area (Å²) in [5.41, 5.74) is 2.60. The molecule has 110 valence electrons. The van der Waals surface area contributed by atoms with Gasteiger partial charge in [-0.05, 0) is 43.5 Å². The Morgan fingerprint density at radius 3 is 2.86 bits per heavy atom. The predicted octanol–water partition coefficient (Wildman–Crippen LogP) is 3.89. The van der Waals surface area contributed by atoms with E-state index >= 15 is 0 Å². The molecule has 2 aromatic rings. The summed E-state index contributed by atoms with van der Waals surface area (Å²) in [6, 6.07) is 16.3. The first-order chi connectivity index (χ1) is 10.3. The zero-order chi connectivity index (χ0) is 14.5. The molecule has 1 heterocycles. The van der Waals surface area contributed by atoms with E-state index in [9.17, 15) is 0 Å². The molecule has 0 radical (unpaired) electrons. The molecule has 0 bridgehead atoms. The van der Waals surface area contributed by atoms with E-state index in [4.69, 9.17) is 9.47 Å². The minimum atomic E-state index is 0.175. The molecule has 1 unspecified atom stereocenters. The number of anilines is 1. The molecule has 21 heavy (non-hydrogen) atoms. The van der Waals surface area contributed by atoms with Crippen LogP contribution in [0.25, 0.3) is 0 Å². The number of hydrogen-bond acceptors (Lipinski definition) is 3. The first-order valence-electron chi connectivity index (χ1n) is 7.56. The van der Waals surface area contributed by atoms with Crippen molar-refractivity contribution in [2.24, 2.45) is 0 Å². The van der Waals surface area contributed by atoms with Crippen LogP contribution in [0.1, 0.15) is 18.9 Å². The molecule has 3 rings (SSSR count). The van der Waals surface area contributed by atoms with Crippen LogP contribution in [-0.4, -0.2) is 19.3 Å². The second-order valence-corrected chi connectivity index (χ2v) is 5.22. The summed E-state index contributed by atoms with van der Waals surface area (Å²) >= 11 is 0. The van der Waals surface area contributed by atoms with Crippen LogP contribution in [0, 0.1) is 0 Å². The number of para-hydroxylation sites is 1. The van der Waals surface area contributed by atoms with Gasteiger partial charge in [0, 0.05) is 11.8 Å². The van der Waals surface area contributed by atoms with Crippen molar-refractivity contribution in [3.8, 4) is 11.5 Å². The summed E-state index contributed by atoms with van der Waals surface area (Å²) in [4.78, 5) is 0. The third kappa shape index (κ3) is 3.48. The second kappa shape index (κ2) is 6.53. The van der Waals surface area contributed by atoms with Crippen LogP contribution in [-0.2, 0) is 6.42 Å². The fourth-order valence-electron chi connectivity index (χ4n) is 2.65. The molecule has 1 aliphatic rings.